The van der Waals surface area contributed by atoms with E-state index in [-0.39, 0.29) is 13.0 Å². The number of hydrogen-bond acceptors (Lipinski definition) is 2. The first-order chi connectivity index (χ1) is 8.99. The average Bonchev–Trinajstić information content (AvgIpc) is 2.72. The molecule has 0 spiro atoms. The number of aryl methyl sites for hydroxylation is 1. The largest absolute Gasteiger partial charge is 0.409 e. The third-order valence-electron chi connectivity index (χ3n) is 3.11. The Morgan fingerprint density at radius 1 is 1.32 bits per heavy atom. The lowest BCUT2D eigenvalue weighted by Gasteiger charge is -2.23. The first-order valence-corrected chi connectivity index (χ1v) is 6.21. The quantitative estimate of drug-likeness (QED) is 0.928. The maximum absolute atomic E-state index is 13.2. The number of aromatic nitrogens is 2. The van der Waals surface area contributed by atoms with Gasteiger partial charge in [0, 0.05) is 6.42 Å². The van der Waals surface area contributed by atoms with Crippen LogP contribution in [0.25, 0.3) is 11.0 Å². The molecule has 1 atom stereocenters. The van der Waals surface area contributed by atoms with Crippen molar-refractivity contribution in [1.29, 1.82) is 0 Å². The van der Waals surface area contributed by atoms with Crippen LogP contribution in [0.15, 0.2) is 24.3 Å². The summed E-state index contributed by atoms with van der Waals surface area (Å²) in [6.45, 7) is 1.79. The van der Waals surface area contributed by atoms with Crippen LogP contribution in [0.5, 0.6) is 0 Å². The number of benzene rings is 1. The Bertz CT molecular complexity index is 560. The predicted octanol–water partition coefficient (Wildman–Crippen LogP) is 3.05. The number of hydrogen-bond donors (Lipinski definition) is 1. The van der Waals surface area contributed by atoms with Gasteiger partial charge < -0.3 is 10.3 Å². The van der Waals surface area contributed by atoms with Crippen molar-refractivity contribution in [3.63, 3.8) is 0 Å². The van der Waals surface area contributed by atoms with E-state index in [0.717, 1.165) is 0 Å². The van der Waals surface area contributed by atoms with Crippen LogP contribution in [0.3, 0.4) is 0 Å². The van der Waals surface area contributed by atoms with E-state index in [2.05, 4.69) is 4.98 Å². The summed E-state index contributed by atoms with van der Waals surface area (Å²) >= 11 is 0. The van der Waals surface area contributed by atoms with E-state index in [4.69, 9.17) is 5.73 Å². The van der Waals surface area contributed by atoms with Crippen LogP contribution >= 0.6 is 0 Å². The highest BCUT2D eigenvalue weighted by atomic mass is 19.4. The molecule has 1 unspecified atom stereocenters. The number of para-hydroxylation sites is 2. The molecule has 0 aliphatic carbocycles. The van der Waals surface area contributed by atoms with Gasteiger partial charge in [-0.2, -0.15) is 13.2 Å². The summed E-state index contributed by atoms with van der Waals surface area (Å²) in [6, 6.07) is 5.26. The van der Waals surface area contributed by atoms with Crippen molar-refractivity contribution < 1.29 is 13.2 Å². The lowest BCUT2D eigenvalue weighted by Crippen LogP contribution is -2.29. The Morgan fingerprint density at radius 2 is 2.00 bits per heavy atom. The van der Waals surface area contributed by atoms with E-state index in [9.17, 15) is 13.2 Å². The Labute approximate surface area is 109 Å². The van der Waals surface area contributed by atoms with Crippen LogP contribution in [0, 0.1) is 0 Å². The number of nitrogens with zero attached hydrogens (tertiary/aromatic N) is 2. The van der Waals surface area contributed by atoms with Gasteiger partial charge in [-0.15, -0.1) is 0 Å². The molecule has 3 nitrogen and oxygen atoms in total. The van der Waals surface area contributed by atoms with Gasteiger partial charge in [-0.3, -0.25) is 0 Å². The smallest absolute Gasteiger partial charge is 0.330 e. The monoisotopic (exact) mass is 271 g/mol. The summed E-state index contributed by atoms with van der Waals surface area (Å²) in [6.07, 6.45) is -4.02. The van der Waals surface area contributed by atoms with Gasteiger partial charge in [0.1, 0.15) is 11.9 Å². The molecule has 0 bridgehead atoms. The summed E-state index contributed by atoms with van der Waals surface area (Å²) in [5.74, 6) is 0.442. The molecule has 0 aliphatic heterocycles. The van der Waals surface area contributed by atoms with Gasteiger partial charge in [0.25, 0.3) is 0 Å². The second kappa shape index (κ2) is 5.21. The molecular formula is C13H16F3N3. The molecule has 0 radical (unpaired) electrons. The van der Waals surface area contributed by atoms with E-state index < -0.39 is 12.2 Å². The molecule has 1 aromatic heterocycles. The number of nitrogens with two attached hydrogens (primary N) is 1. The zero-order valence-corrected chi connectivity index (χ0v) is 10.6. The van der Waals surface area contributed by atoms with Crippen molar-refractivity contribution in [2.24, 2.45) is 5.73 Å². The molecular weight excluding hydrogens is 255 g/mol. The average molecular weight is 271 g/mol. The molecule has 104 valence electrons. The van der Waals surface area contributed by atoms with Gasteiger partial charge in [-0.25, -0.2) is 4.98 Å². The van der Waals surface area contributed by atoms with Crippen LogP contribution in [0.4, 0.5) is 13.2 Å². The number of rotatable bonds is 4. The number of alkyl halides is 3. The van der Waals surface area contributed by atoms with Crippen molar-refractivity contribution >= 4 is 11.0 Å². The third-order valence-corrected chi connectivity index (χ3v) is 3.11. The normalized spacial score (nSPS) is 13.9. The third kappa shape index (κ3) is 2.58. The summed E-state index contributed by atoms with van der Waals surface area (Å²) in [5.41, 5.74) is 6.43. The van der Waals surface area contributed by atoms with Crippen LogP contribution < -0.4 is 5.73 Å². The van der Waals surface area contributed by atoms with Gasteiger partial charge in [0.05, 0.1) is 11.0 Å². The predicted molar refractivity (Wildman–Crippen MR) is 67.9 cm³/mol. The fraction of sp³-hybridized carbons (Fsp3) is 0.462. The van der Waals surface area contributed by atoms with Crippen molar-refractivity contribution in [1.82, 2.24) is 9.55 Å². The van der Waals surface area contributed by atoms with Gasteiger partial charge in [0.2, 0.25) is 0 Å². The summed E-state index contributed by atoms with van der Waals surface area (Å²) in [5, 5.41) is 0. The molecule has 1 aromatic carbocycles. The molecule has 19 heavy (non-hydrogen) atoms. The second-order valence-corrected chi connectivity index (χ2v) is 4.38. The van der Waals surface area contributed by atoms with Crippen LogP contribution in [0.2, 0.25) is 0 Å². The second-order valence-electron chi connectivity index (χ2n) is 4.38. The molecule has 2 N–H and O–H groups in total. The lowest BCUT2D eigenvalue weighted by molar-refractivity contribution is -0.168. The fourth-order valence-corrected chi connectivity index (χ4v) is 2.29. The minimum Gasteiger partial charge on any atom is -0.330 e. The minimum absolute atomic E-state index is 0.0140. The molecule has 0 aliphatic rings. The van der Waals surface area contributed by atoms with E-state index in [1.54, 1.807) is 31.2 Å². The fourth-order valence-electron chi connectivity index (χ4n) is 2.29. The summed E-state index contributed by atoms with van der Waals surface area (Å²) < 4.78 is 40.9. The first-order valence-electron chi connectivity index (χ1n) is 6.21. The van der Waals surface area contributed by atoms with Crippen molar-refractivity contribution in [3.05, 3.63) is 30.1 Å². The Hall–Kier alpha value is -1.56. The standard InChI is InChI=1S/C13H16F3N3/c1-2-12-18-9-5-3-4-6-10(9)19(12)11(7-8-17)13(14,15)16/h3-6,11H,2,7-8,17H2,1H3. The maximum atomic E-state index is 13.2. The summed E-state index contributed by atoms with van der Waals surface area (Å²) in [4.78, 5) is 4.27. The number of imidazole rings is 1. The molecule has 6 heteroatoms. The Morgan fingerprint density at radius 3 is 2.58 bits per heavy atom. The lowest BCUT2D eigenvalue weighted by atomic mass is 10.1. The molecule has 0 saturated heterocycles. The van der Waals surface area contributed by atoms with E-state index in [1.165, 1.54) is 4.57 Å². The number of fused-ring (bicyclic) bond motifs is 1. The highest BCUT2D eigenvalue weighted by molar-refractivity contribution is 5.76. The maximum Gasteiger partial charge on any atom is 0.409 e. The van der Waals surface area contributed by atoms with Gasteiger partial charge in [-0.05, 0) is 25.1 Å². The zero-order valence-electron chi connectivity index (χ0n) is 10.6. The Balaban J connectivity index is 2.63. The van der Waals surface area contributed by atoms with Gasteiger partial charge in [0.15, 0.2) is 0 Å². The van der Waals surface area contributed by atoms with E-state index in [1.807, 2.05) is 0 Å². The van der Waals surface area contributed by atoms with Crippen molar-refractivity contribution in [2.45, 2.75) is 32.0 Å². The van der Waals surface area contributed by atoms with Crippen LogP contribution in [-0.4, -0.2) is 22.3 Å². The van der Waals surface area contributed by atoms with Gasteiger partial charge in [-0.1, -0.05) is 19.1 Å². The van der Waals surface area contributed by atoms with E-state index in [0.29, 0.717) is 23.3 Å². The molecule has 1 heterocycles. The molecule has 0 fully saturated rings. The highest BCUT2D eigenvalue weighted by Crippen LogP contribution is 2.36. The Kier molecular flexibility index (Phi) is 3.80. The molecule has 2 rings (SSSR count). The minimum atomic E-state index is -4.33. The highest BCUT2D eigenvalue weighted by Gasteiger charge is 2.41. The summed E-state index contributed by atoms with van der Waals surface area (Å²) in [7, 11) is 0. The molecule has 0 saturated carbocycles. The van der Waals surface area contributed by atoms with Crippen molar-refractivity contribution in [3.8, 4) is 0 Å². The van der Waals surface area contributed by atoms with E-state index >= 15 is 0 Å². The van der Waals surface area contributed by atoms with Gasteiger partial charge >= 0.3 is 6.18 Å². The van der Waals surface area contributed by atoms with Crippen molar-refractivity contribution in [2.75, 3.05) is 6.54 Å². The SMILES string of the molecule is CCc1nc2ccccc2n1C(CCN)C(F)(F)F. The topological polar surface area (TPSA) is 43.8 Å². The zero-order chi connectivity index (χ0) is 14.0. The van der Waals surface area contributed by atoms with Crippen LogP contribution in [-0.2, 0) is 6.42 Å². The molecule has 2 aromatic rings. The molecule has 0 amide bonds. The van der Waals surface area contributed by atoms with Crippen LogP contribution in [0.1, 0.15) is 25.2 Å². The first kappa shape index (κ1) is 13.9. The number of halogens is 3.